The molecule has 0 fully saturated rings. The predicted octanol–water partition coefficient (Wildman–Crippen LogP) is 4.65. The number of rotatable bonds is 7. The maximum Gasteiger partial charge on any atom is 0.229 e. The van der Waals surface area contributed by atoms with E-state index >= 15 is 0 Å². The molecule has 0 saturated carbocycles. The Kier molecular flexibility index (Phi) is 5.20. The molecular weight excluding hydrogens is 360 g/mol. The van der Waals surface area contributed by atoms with Crippen LogP contribution in [0.3, 0.4) is 0 Å². The van der Waals surface area contributed by atoms with Gasteiger partial charge in [-0.15, -0.1) is 0 Å². The Morgan fingerprint density at radius 3 is 2.59 bits per heavy atom. The van der Waals surface area contributed by atoms with E-state index in [1.807, 2.05) is 30.5 Å². The minimum absolute atomic E-state index is 0.231. The fourth-order valence-corrected chi connectivity index (χ4v) is 4.37. The van der Waals surface area contributed by atoms with Gasteiger partial charge in [0.25, 0.3) is 0 Å². The number of benzene rings is 2. The van der Waals surface area contributed by atoms with Gasteiger partial charge >= 0.3 is 0 Å². The number of anilines is 1. The zero-order chi connectivity index (χ0) is 19.7. The summed E-state index contributed by atoms with van der Waals surface area (Å²) in [5.41, 5.74) is 3.44. The van der Waals surface area contributed by atoms with Crippen LogP contribution in [-0.4, -0.2) is 26.8 Å². The molecule has 3 rings (SSSR count). The Hall–Kier alpha value is -2.47. The Labute approximate surface area is 160 Å². The Morgan fingerprint density at radius 2 is 1.93 bits per heavy atom. The fraction of sp³-hybridized carbons (Fsp3) is 0.333. The average Bonchev–Trinajstić information content (AvgIpc) is 3.06. The van der Waals surface area contributed by atoms with Gasteiger partial charge in [-0.3, -0.25) is 4.72 Å². The van der Waals surface area contributed by atoms with E-state index in [2.05, 4.69) is 35.7 Å². The molecule has 1 atom stereocenters. The molecule has 0 spiro atoms. The lowest BCUT2D eigenvalue weighted by atomic mass is 9.73. The number of fused-ring (bicyclic) bond motifs is 1. The summed E-state index contributed by atoms with van der Waals surface area (Å²) >= 11 is 0. The second kappa shape index (κ2) is 7.27. The van der Waals surface area contributed by atoms with Crippen LogP contribution in [0.4, 0.5) is 5.69 Å². The number of para-hydroxylation sites is 1. The van der Waals surface area contributed by atoms with Crippen molar-refractivity contribution in [2.75, 3.05) is 18.1 Å². The summed E-state index contributed by atoms with van der Waals surface area (Å²) in [6.45, 7) is 4.40. The lowest BCUT2D eigenvalue weighted by molar-refractivity contribution is 0.412. The minimum atomic E-state index is -3.35. The quantitative estimate of drug-likeness (QED) is 0.621. The van der Waals surface area contributed by atoms with Crippen molar-refractivity contribution in [3.63, 3.8) is 0 Å². The average molecular weight is 387 g/mol. The number of sulfonamides is 1. The summed E-state index contributed by atoms with van der Waals surface area (Å²) in [6.07, 6.45) is 5.12. The van der Waals surface area contributed by atoms with Crippen molar-refractivity contribution in [1.82, 2.24) is 4.98 Å². The molecule has 1 unspecified atom stereocenters. The third-order valence-corrected chi connectivity index (χ3v) is 5.65. The van der Waals surface area contributed by atoms with Gasteiger partial charge in [0.1, 0.15) is 5.75 Å². The first-order valence-corrected chi connectivity index (χ1v) is 10.9. The molecule has 1 aromatic heterocycles. The Balaban J connectivity index is 2.19. The summed E-state index contributed by atoms with van der Waals surface area (Å²) in [7, 11) is -1.68. The number of hydrogen-bond donors (Lipinski definition) is 2. The Morgan fingerprint density at radius 1 is 1.19 bits per heavy atom. The molecule has 144 valence electrons. The second-order valence-corrected chi connectivity index (χ2v) is 8.87. The van der Waals surface area contributed by atoms with Crippen molar-refractivity contribution in [3.8, 4) is 5.75 Å². The van der Waals surface area contributed by atoms with Crippen molar-refractivity contribution >= 4 is 26.6 Å². The fourth-order valence-electron chi connectivity index (χ4n) is 3.80. The predicted molar refractivity (Wildman–Crippen MR) is 111 cm³/mol. The molecule has 0 radical (unpaired) electrons. The van der Waals surface area contributed by atoms with Gasteiger partial charge in [-0.1, -0.05) is 44.5 Å². The van der Waals surface area contributed by atoms with Gasteiger partial charge in [0, 0.05) is 17.0 Å². The number of H-pyrrole nitrogens is 1. The van der Waals surface area contributed by atoms with Gasteiger partial charge in [0.05, 0.1) is 24.6 Å². The van der Waals surface area contributed by atoms with Crippen LogP contribution in [0.15, 0.2) is 48.7 Å². The molecule has 27 heavy (non-hydrogen) atoms. The molecule has 3 aromatic rings. The monoisotopic (exact) mass is 386 g/mol. The molecule has 0 amide bonds. The number of ether oxygens (including phenoxy) is 1. The highest BCUT2D eigenvalue weighted by molar-refractivity contribution is 7.92. The minimum Gasteiger partial charge on any atom is -0.497 e. The van der Waals surface area contributed by atoms with E-state index in [0.717, 1.165) is 41.3 Å². The van der Waals surface area contributed by atoms with E-state index in [-0.39, 0.29) is 5.41 Å². The molecule has 0 aliphatic rings. The van der Waals surface area contributed by atoms with Gasteiger partial charge in [0.15, 0.2) is 0 Å². The van der Waals surface area contributed by atoms with Gasteiger partial charge in [-0.25, -0.2) is 8.42 Å². The van der Waals surface area contributed by atoms with Crippen LogP contribution < -0.4 is 9.46 Å². The molecular formula is C21H26N2O3S. The van der Waals surface area contributed by atoms with Crippen LogP contribution in [-0.2, 0) is 15.4 Å². The molecule has 0 aliphatic carbocycles. The molecule has 6 heteroatoms. The largest absolute Gasteiger partial charge is 0.497 e. The molecule has 0 bridgehead atoms. The van der Waals surface area contributed by atoms with E-state index in [1.165, 1.54) is 5.56 Å². The van der Waals surface area contributed by atoms with E-state index < -0.39 is 10.0 Å². The number of hydrogen-bond acceptors (Lipinski definition) is 3. The molecule has 0 aliphatic heterocycles. The zero-order valence-electron chi connectivity index (χ0n) is 16.2. The highest BCUT2D eigenvalue weighted by Gasteiger charge is 2.31. The number of nitrogens with one attached hydrogen (secondary N) is 2. The lowest BCUT2D eigenvalue weighted by Gasteiger charge is -2.30. The molecule has 0 saturated heterocycles. The van der Waals surface area contributed by atoms with Crippen LogP contribution >= 0.6 is 0 Å². The van der Waals surface area contributed by atoms with E-state index in [4.69, 9.17) is 4.74 Å². The smallest absolute Gasteiger partial charge is 0.229 e. The molecule has 2 aromatic carbocycles. The summed E-state index contributed by atoms with van der Waals surface area (Å²) < 4.78 is 31.4. The topological polar surface area (TPSA) is 71.2 Å². The lowest BCUT2D eigenvalue weighted by Crippen LogP contribution is -2.23. The molecule has 2 N–H and O–H groups in total. The van der Waals surface area contributed by atoms with E-state index in [0.29, 0.717) is 5.69 Å². The number of methoxy groups -OCH3 is 1. The van der Waals surface area contributed by atoms with Crippen molar-refractivity contribution in [1.29, 1.82) is 0 Å². The zero-order valence-corrected chi connectivity index (χ0v) is 17.0. The summed E-state index contributed by atoms with van der Waals surface area (Å²) in [6, 6.07) is 13.8. The first-order valence-electron chi connectivity index (χ1n) is 9.01. The Bertz CT molecular complexity index is 1060. The van der Waals surface area contributed by atoms with Crippen molar-refractivity contribution in [3.05, 3.63) is 59.8 Å². The van der Waals surface area contributed by atoms with Crippen LogP contribution in [0.1, 0.15) is 37.8 Å². The van der Waals surface area contributed by atoms with Gasteiger partial charge in [-0.05, 0) is 35.7 Å². The highest BCUT2D eigenvalue weighted by Crippen LogP contribution is 2.42. The first kappa shape index (κ1) is 19.3. The third kappa shape index (κ3) is 3.81. The van der Waals surface area contributed by atoms with Gasteiger partial charge in [0.2, 0.25) is 10.0 Å². The first-order chi connectivity index (χ1) is 12.8. The highest BCUT2D eigenvalue weighted by atomic mass is 32.2. The normalized spacial score (nSPS) is 14.1. The number of aromatic nitrogens is 1. The van der Waals surface area contributed by atoms with Crippen LogP contribution in [0.25, 0.3) is 10.9 Å². The second-order valence-electron chi connectivity index (χ2n) is 7.12. The van der Waals surface area contributed by atoms with E-state index in [9.17, 15) is 8.42 Å². The maximum absolute atomic E-state index is 11.7. The maximum atomic E-state index is 11.7. The van der Waals surface area contributed by atoms with Crippen LogP contribution in [0.5, 0.6) is 5.75 Å². The van der Waals surface area contributed by atoms with E-state index in [1.54, 1.807) is 13.2 Å². The molecule has 5 nitrogen and oxygen atoms in total. The summed E-state index contributed by atoms with van der Waals surface area (Å²) in [5, 5.41) is 1.02. The standard InChI is InChI=1S/C21H26N2O3S/c1-5-12-21(2,15-8-6-9-16(13-15)26-3)18-14-22-20-17(18)10-7-11-19(20)23-27(4,24)25/h6-11,13-14,22-23H,5,12H2,1-4H3. The van der Waals surface area contributed by atoms with Crippen molar-refractivity contribution in [2.24, 2.45) is 0 Å². The van der Waals surface area contributed by atoms with Gasteiger partial charge < -0.3 is 9.72 Å². The van der Waals surface area contributed by atoms with Crippen molar-refractivity contribution in [2.45, 2.75) is 32.1 Å². The number of aromatic amines is 1. The summed E-state index contributed by atoms with van der Waals surface area (Å²) in [5.74, 6) is 0.828. The SMILES string of the molecule is CCCC(C)(c1cccc(OC)c1)c1c[nH]c2c(NS(C)(=O)=O)cccc12. The van der Waals surface area contributed by atoms with Gasteiger partial charge in [-0.2, -0.15) is 0 Å². The molecule has 1 heterocycles. The summed E-state index contributed by atoms with van der Waals surface area (Å²) in [4.78, 5) is 3.28. The van der Waals surface area contributed by atoms with Crippen molar-refractivity contribution < 1.29 is 13.2 Å². The van der Waals surface area contributed by atoms with Crippen LogP contribution in [0, 0.1) is 0 Å². The third-order valence-electron chi connectivity index (χ3n) is 5.06. The van der Waals surface area contributed by atoms with Crippen LogP contribution in [0.2, 0.25) is 0 Å².